The molecule has 0 atom stereocenters. The Morgan fingerprint density at radius 3 is 1.89 bits per heavy atom. The van der Waals surface area contributed by atoms with Crippen molar-refractivity contribution >= 4 is 11.4 Å². The lowest BCUT2D eigenvalue weighted by Gasteiger charge is -2.04. The molecule has 0 aliphatic rings. The van der Waals surface area contributed by atoms with Gasteiger partial charge in [0.1, 0.15) is 0 Å². The van der Waals surface area contributed by atoms with Crippen LogP contribution in [-0.2, 0) is 0 Å². The number of non-ortho nitro benzene ring substituents is 1. The monoisotopic (exact) mass is 240 g/mol. The first-order valence-electron chi connectivity index (χ1n) is 5.48. The zero-order chi connectivity index (χ0) is 13.1. The Kier molecular flexibility index (Phi) is 3.19. The molecule has 1 N–H and O–H groups in total. The first-order chi connectivity index (χ1) is 8.58. The predicted octanol–water partition coefficient (Wildman–Crippen LogP) is 3.32. The van der Waals surface area contributed by atoms with Gasteiger partial charge in [-0.1, -0.05) is 29.8 Å². The number of rotatable bonds is 3. The molecule has 0 aliphatic carbocycles. The maximum atomic E-state index is 10.5. The molecule has 2 aromatic carbocycles. The number of nitrogens with one attached hydrogen (secondary N) is 1. The van der Waals surface area contributed by atoms with E-state index in [1.54, 1.807) is 12.1 Å². The number of aryl methyl sites for hydroxylation is 1. The molecule has 90 valence electrons. The zero-order valence-corrected chi connectivity index (χ0v) is 9.88. The molecule has 0 fully saturated rings. The van der Waals surface area contributed by atoms with E-state index >= 15 is 0 Å². The van der Waals surface area contributed by atoms with E-state index in [-0.39, 0.29) is 5.69 Å². The number of nitro groups is 1. The maximum Gasteiger partial charge on any atom is 0.269 e. The molecule has 2 aromatic rings. The van der Waals surface area contributed by atoms with E-state index in [4.69, 9.17) is 5.41 Å². The van der Waals surface area contributed by atoms with Gasteiger partial charge < -0.3 is 0 Å². The van der Waals surface area contributed by atoms with Gasteiger partial charge in [-0.25, -0.2) is 0 Å². The lowest BCUT2D eigenvalue weighted by molar-refractivity contribution is -0.384. The summed E-state index contributed by atoms with van der Waals surface area (Å²) in [6.45, 7) is 1.99. The molecule has 0 saturated carbocycles. The van der Waals surface area contributed by atoms with Crippen LogP contribution in [0, 0.1) is 22.4 Å². The third-order valence-electron chi connectivity index (χ3n) is 2.71. The summed E-state index contributed by atoms with van der Waals surface area (Å²) in [7, 11) is 0. The van der Waals surface area contributed by atoms with Gasteiger partial charge in [0, 0.05) is 23.3 Å². The fraction of sp³-hybridized carbons (Fsp3) is 0.0714. The summed E-state index contributed by atoms with van der Waals surface area (Å²) in [5.41, 5.74) is 3.01. The molecule has 0 spiro atoms. The number of nitro benzene ring substituents is 1. The van der Waals surface area contributed by atoms with E-state index in [0.29, 0.717) is 11.3 Å². The minimum absolute atomic E-state index is 0.0375. The molecule has 0 aromatic heterocycles. The van der Waals surface area contributed by atoms with Crippen LogP contribution in [0.2, 0.25) is 0 Å². The Morgan fingerprint density at radius 2 is 1.44 bits per heavy atom. The van der Waals surface area contributed by atoms with Crippen LogP contribution in [0.15, 0.2) is 48.5 Å². The summed E-state index contributed by atoms with van der Waals surface area (Å²) in [5.74, 6) is 0. The van der Waals surface area contributed by atoms with Crippen molar-refractivity contribution in [3.63, 3.8) is 0 Å². The van der Waals surface area contributed by atoms with E-state index in [9.17, 15) is 10.1 Å². The molecular formula is C14H12N2O2. The van der Waals surface area contributed by atoms with Gasteiger partial charge in [0.25, 0.3) is 5.69 Å². The van der Waals surface area contributed by atoms with Crippen LogP contribution in [0.25, 0.3) is 0 Å². The Morgan fingerprint density at radius 1 is 1.00 bits per heavy atom. The highest BCUT2D eigenvalue weighted by Gasteiger charge is 2.08. The molecule has 18 heavy (non-hydrogen) atoms. The lowest BCUT2D eigenvalue weighted by atomic mass is 10.0. The van der Waals surface area contributed by atoms with E-state index in [2.05, 4.69) is 0 Å². The summed E-state index contributed by atoms with van der Waals surface area (Å²) in [6.07, 6.45) is 0. The average Bonchev–Trinajstić information content (AvgIpc) is 2.39. The normalized spacial score (nSPS) is 10.1. The summed E-state index contributed by atoms with van der Waals surface area (Å²) in [6, 6.07) is 13.7. The highest BCUT2D eigenvalue weighted by molar-refractivity contribution is 6.10. The standard InChI is InChI=1S/C14H12N2O2/c1-10-2-4-11(5-3-10)14(15)12-6-8-13(9-7-12)16(17)18/h2-9,15H,1H3. The summed E-state index contributed by atoms with van der Waals surface area (Å²) in [4.78, 5) is 10.1. The predicted molar refractivity (Wildman–Crippen MR) is 70.2 cm³/mol. The van der Waals surface area contributed by atoms with Crippen molar-refractivity contribution in [3.05, 3.63) is 75.3 Å². The number of hydrogen-bond donors (Lipinski definition) is 1. The first kappa shape index (κ1) is 12.0. The minimum Gasteiger partial charge on any atom is -0.300 e. The van der Waals surface area contributed by atoms with Gasteiger partial charge in [-0.3, -0.25) is 15.5 Å². The van der Waals surface area contributed by atoms with Crippen LogP contribution in [0.1, 0.15) is 16.7 Å². The quantitative estimate of drug-likeness (QED) is 0.508. The van der Waals surface area contributed by atoms with Gasteiger partial charge in [-0.05, 0) is 19.1 Å². The fourth-order valence-electron chi connectivity index (χ4n) is 1.64. The zero-order valence-electron chi connectivity index (χ0n) is 9.88. The molecule has 2 rings (SSSR count). The Balaban J connectivity index is 2.28. The van der Waals surface area contributed by atoms with E-state index in [1.165, 1.54) is 12.1 Å². The van der Waals surface area contributed by atoms with E-state index < -0.39 is 4.92 Å². The molecule has 0 radical (unpaired) electrons. The first-order valence-corrected chi connectivity index (χ1v) is 5.48. The van der Waals surface area contributed by atoms with Gasteiger partial charge in [0.15, 0.2) is 0 Å². The SMILES string of the molecule is Cc1ccc(C(=N)c2ccc([N+](=O)[O-])cc2)cc1. The van der Waals surface area contributed by atoms with Crippen LogP contribution in [0.3, 0.4) is 0 Å². The topological polar surface area (TPSA) is 67.0 Å². The van der Waals surface area contributed by atoms with Gasteiger partial charge in [0.2, 0.25) is 0 Å². The second kappa shape index (κ2) is 4.79. The Hall–Kier alpha value is -2.49. The fourth-order valence-corrected chi connectivity index (χ4v) is 1.64. The van der Waals surface area contributed by atoms with Crippen molar-refractivity contribution in [2.75, 3.05) is 0 Å². The molecule has 4 nitrogen and oxygen atoms in total. The third-order valence-corrected chi connectivity index (χ3v) is 2.71. The van der Waals surface area contributed by atoms with Crippen LogP contribution < -0.4 is 0 Å². The van der Waals surface area contributed by atoms with Crippen molar-refractivity contribution in [2.45, 2.75) is 6.92 Å². The molecule has 0 bridgehead atoms. The van der Waals surface area contributed by atoms with Crippen LogP contribution in [-0.4, -0.2) is 10.6 Å². The number of hydrogen-bond acceptors (Lipinski definition) is 3. The maximum absolute atomic E-state index is 10.5. The third kappa shape index (κ3) is 2.43. The molecule has 0 unspecified atom stereocenters. The number of nitrogens with zero attached hydrogens (tertiary/aromatic N) is 1. The summed E-state index contributed by atoms with van der Waals surface area (Å²) >= 11 is 0. The average molecular weight is 240 g/mol. The van der Waals surface area contributed by atoms with Crippen molar-refractivity contribution in [2.24, 2.45) is 0 Å². The van der Waals surface area contributed by atoms with Gasteiger partial charge in [-0.15, -0.1) is 0 Å². The smallest absolute Gasteiger partial charge is 0.269 e. The summed E-state index contributed by atoms with van der Waals surface area (Å²) in [5, 5.41) is 18.6. The van der Waals surface area contributed by atoms with Gasteiger partial charge in [0.05, 0.1) is 10.6 Å². The highest BCUT2D eigenvalue weighted by atomic mass is 16.6. The van der Waals surface area contributed by atoms with Crippen LogP contribution in [0.4, 0.5) is 5.69 Å². The second-order valence-electron chi connectivity index (χ2n) is 4.05. The van der Waals surface area contributed by atoms with Crippen molar-refractivity contribution in [3.8, 4) is 0 Å². The van der Waals surface area contributed by atoms with Crippen molar-refractivity contribution in [1.82, 2.24) is 0 Å². The van der Waals surface area contributed by atoms with Crippen molar-refractivity contribution < 1.29 is 4.92 Å². The van der Waals surface area contributed by atoms with Gasteiger partial charge >= 0.3 is 0 Å². The molecule has 0 aliphatic heterocycles. The highest BCUT2D eigenvalue weighted by Crippen LogP contribution is 2.15. The largest absolute Gasteiger partial charge is 0.300 e. The molecule has 0 saturated heterocycles. The van der Waals surface area contributed by atoms with Gasteiger partial charge in [-0.2, -0.15) is 0 Å². The van der Waals surface area contributed by atoms with Crippen LogP contribution >= 0.6 is 0 Å². The Bertz CT molecular complexity index is 586. The summed E-state index contributed by atoms with van der Waals surface area (Å²) < 4.78 is 0. The molecule has 0 heterocycles. The molecule has 0 amide bonds. The minimum atomic E-state index is -0.445. The van der Waals surface area contributed by atoms with Crippen molar-refractivity contribution in [1.29, 1.82) is 5.41 Å². The van der Waals surface area contributed by atoms with E-state index in [1.807, 2.05) is 31.2 Å². The van der Waals surface area contributed by atoms with E-state index in [0.717, 1.165) is 11.1 Å². The molecule has 4 heteroatoms. The van der Waals surface area contributed by atoms with Crippen LogP contribution in [0.5, 0.6) is 0 Å². The number of benzene rings is 2. The Labute approximate surface area is 105 Å². The second-order valence-corrected chi connectivity index (χ2v) is 4.05. The molecular weight excluding hydrogens is 228 g/mol. The lowest BCUT2D eigenvalue weighted by Crippen LogP contribution is -2.01.